The minimum Gasteiger partial charge on any atom is -0.356 e. The lowest BCUT2D eigenvalue weighted by molar-refractivity contribution is -0.119. The largest absolute Gasteiger partial charge is 0.356 e. The van der Waals surface area contributed by atoms with E-state index in [2.05, 4.69) is 52.5 Å². The molecule has 1 saturated heterocycles. The number of pyridine rings is 2. The molecule has 1 aliphatic rings. The molecular formula is C20H22N4O. The number of carbonyl (C=O) groups is 1. The van der Waals surface area contributed by atoms with E-state index in [0.29, 0.717) is 18.6 Å². The minimum atomic E-state index is 0.354. The molecule has 3 aromatic rings. The number of rotatable bonds is 3. The van der Waals surface area contributed by atoms with E-state index in [1.165, 1.54) is 0 Å². The number of piperidine rings is 1. The molecule has 0 aliphatic carbocycles. The second-order valence-electron chi connectivity index (χ2n) is 6.61. The SMILES string of the molecule is CCc1nc(N2CCC(=O)CC2)ccc1-c1cc(C)c2nccn2c1. The van der Waals surface area contributed by atoms with Crippen LogP contribution in [0.4, 0.5) is 5.82 Å². The van der Waals surface area contributed by atoms with Crippen LogP contribution >= 0.6 is 0 Å². The Morgan fingerprint density at radius 1 is 1.20 bits per heavy atom. The van der Waals surface area contributed by atoms with Crippen LogP contribution in [0.25, 0.3) is 16.8 Å². The van der Waals surface area contributed by atoms with Gasteiger partial charge in [0.25, 0.3) is 0 Å². The third-order valence-electron chi connectivity index (χ3n) is 4.92. The summed E-state index contributed by atoms with van der Waals surface area (Å²) in [6.07, 6.45) is 8.04. The van der Waals surface area contributed by atoms with Crippen molar-refractivity contribution in [2.24, 2.45) is 0 Å². The van der Waals surface area contributed by atoms with Crippen molar-refractivity contribution >= 4 is 17.2 Å². The molecule has 0 bridgehead atoms. The van der Waals surface area contributed by atoms with Crippen LogP contribution < -0.4 is 4.90 Å². The molecule has 0 N–H and O–H groups in total. The Morgan fingerprint density at radius 2 is 2.00 bits per heavy atom. The third-order valence-corrected chi connectivity index (χ3v) is 4.92. The van der Waals surface area contributed by atoms with E-state index in [4.69, 9.17) is 4.98 Å². The van der Waals surface area contributed by atoms with Crippen molar-refractivity contribution in [3.63, 3.8) is 0 Å². The number of carbonyl (C=O) groups excluding carboxylic acids is 1. The van der Waals surface area contributed by atoms with Crippen molar-refractivity contribution in [3.05, 3.63) is 48.0 Å². The lowest BCUT2D eigenvalue weighted by atomic mass is 10.0. The number of hydrogen-bond donors (Lipinski definition) is 0. The fourth-order valence-electron chi connectivity index (χ4n) is 3.54. The Hall–Kier alpha value is -2.69. The zero-order chi connectivity index (χ0) is 17.4. The molecule has 0 aromatic carbocycles. The molecule has 0 saturated carbocycles. The molecule has 0 amide bonds. The molecule has 0 spiro atoms. The Morgan fingerprint density at radius 3 is 2.76 bits per heavy atom. The Labute approximate surface area is 147 Å². The maximum Gasteiger partial charge on any atom is 0.139 e. The fraction of sp³-hybridized carbons (Fsp3) is 0.350. The highest BCUT2D eigenvalue weighted by Gasteiger charge is 2.18. The van der Waals surface area contributed by atoms with Gasteiger partial charge in [-0.05, 0) is 37.1 Å². The van der Waals surface area contributed by atoms with E-state index in [-0.39, 0.29) is 0 Å². The number of Topliss-reactive ketones (excluding diaryl/α,β-unsaturated/α-hetero) is 1. The van der Waals surface area contributed by atoms with Crippen LogP contribution in [0.15, 0.2) is 36.8 Å². The van der Waals surface area contributed by atoms with Gasteiger partial charge in [0.1, 0.15) is 17.2 Å². The van der Waals surface area contributed by atoms with E-state index in [0.717, 1.165) is 53.4 Å². The second kappa shape index (κ2) is 6.31. The summed E-state index contributed by atoms with van der Waals surface area (Å²) in [5.74, 6) is 1.33. The van der Waals surface area contributed by atoms with Crippen LogP contribution in [0.5, 0.6) is 0 Å². The number of fused-ring (bicyclic) bond motifs is 1. The van der Waals surface area contributed by atoms with Crippen LogP contribution in [0.1, 0.15) is 31.0 Å². The monoisotopic (exact) mass is 334 g/mol. The van der Waals surface area contributed by atoms with Gasteiger partial charge in [0, 0.05) is 55.6 Å². The van der Waals surface area contributed by atoms with Crippen molar-refractivity contribution in [2.45, 2.75) is 33.1 Å². The number of anilines is 1. The van der Waals surface area contributed by atoms with E-state index in [9.17, 15) is 4.79 Å². The lowest BCUT2D eigenvalue weighted by Crippen LogP contribution is -2.34. The summed E-state index contributed by atoms with van der Waals surface area (Å²) in [5, 5.41) is 0. The number of hydrogen-bond acceptors (Lipinski definition) is 4. The van der Waals surface area contributed by atoms with Gasteiger partial charge in [-0.25, -0.2) is 9.97 Å². The highest BCUT2D eigenvalue weighted by molar-refractivity contribution is 5.81. The van der Waals surface area contributed by atoms with Crippen LogP contribution in [0, 0.1) is 6.92 Å². The van der Waals surface area contributed by atoms with Gasteiger partial charge < -0.3 is 9.30 Å². The summed E-state index contributed by atoms with van der Waals surface area (Å²) < 4.78 is 2.06. The van der Waals surface area contributed by atoms with Crippen molar-refractivity contribution in [3.8, 4) is 11.1 Å². The molecule has 4 rings (SSSR count). The summed E-state index contributed by atoms with van der Waals surface area (Å²) in [4.78, 5) is 23.0. The predicted molar refractivity (Wildman–Crippen MR) is 99.0 cm³/mol. The quantitative estimate of drug-likeness (QED) is 0.736. The second-order valence-corrected chi connectivity index (χ2v) is 6.61. The summed E-state index contributed by atoms with van der Waals surface area (Å²) in [5.41, 5.74) is 5.56. The van der Waals surface area contributed by atoms with Crippen LogP contribution in [0.2, 0.25) is 0 Å². The van der Waals surface area contributed by atoms with Crippen molar-refractivity contribution in [1.82, 2.24) is 14.4 Å². The Balaban J connectivity index is 1.73. The van der Waals surface area contributed by atoms with Crippen LogP contribution in [0.3, 0.4) is 0 Å². The molecule has 5 heteroatoms. The van der Waals surface area contributed by atoms with Gasteiger partial charge in [0.15, 0.2) is 0 Å². The molecule has 1 fully saturated rings. The van der Waals surface area contributed by atoms with Gasteiger partial charge in [0.2, 0.25) is 0 Å². The van der Waals surface area contributed by atoms with Crippen LogP contribution in [-0.4, -0.2) is 33.2 Å². The van der Waals surface area contributed by atoms with Gasteiger partial charge in [-0.15, -0.1) is 0 Å². The van der Waals surface area contributed by atoms with Gasteiger partial charge in [0.05, 0.1) is 5.69 Å². The molecule has 4 heterocycles. The first-order valence-electron chi connectivity index (χ1n) is 8.86. The molecular weight excluding hydrogens is 312 g/mol. The molecule has 0 radical (unpaired) electrons. The Kier molecular flexibility index (Phi) is 3.99. The molecule has 0 atom stereocenters. The van der Waals surface area contributed by atoms with E-state index >= 15 is 0 Å². The summed E-state index contributed by atoms with van der Waals surface area (Å²) >= 11 is 0. The van der Waals surface area contributed by atoms with Crippen molar-refractivity contribution in [1.29, 1.82) is 0 Å². The van der Waals surface area contributed by atoms with Crippen molar-refractivity contribution in [2.75, 3.05) is 18.0 Å². The van der Waals surface area contributed by atoms with Gasteiger partial charge in [-0.1, -0.05) is 6.92 Å². The number of aryl methyl sites for hydroxylation is 2. The zero-order valence-corrected chi connectivity index (χ0v) is 14.7. The topological polar surface area (TPSA) is 50.5 Å². The zero-order valence-electron chi connectivity index (χ0n) is 14.7. The normalized spacial score (nSPS) is 15.1. The van der Waals surface area contributed by atoms with Gasteiger partial charge in [-0.2, -0.15) is 0 Å². The molecule has 1 aliphatic heterocycles. The van der Waals surface area contributed by atoms with E-state index < -0.39 is 0 Å². The predicted octanol–water partition coefficient (Wildman–Crippen LogP) is 3.44. The summed E-state index contributed by atoms with van der Waals surface area (Å²) in [7, 11) is 0. The van der Waals surface area contributed by atoms with Crippen LogP contribution in [-0.2, 0) is 11.2 Å². The molecule has 0 unspecified atom stereocenters. The smallest absolute Gasteiger partial charge is 0.139 e. The maximum absolute atomic E-state index is 11.5. The lowest BCUT2D eigenvalue weighted by Gasteiger charge is -2.27. The average Bonchev–Trinajstić information content (AvgIpc) is 3.11. The average molecular weight is 334 g/mol. The summed E-state index contributed by atoms with van der Waals surface area (Å²) in [6, 6.07) is 6.42. The highest BCUT2D eigenvalue weighted by Crippen LogP contribution is 2.28. The number of imidazole rings is 1. The third kappa shape index (κ3) is 2.90. The van der Waals surface area contributed by atoms with Crippen molar-refractivity contribution < 1.29 is 4.79 Å². The number of nitrogens with zero attached hydrogens (tertiary/aromatic N) is 4. The minimum absolute atomic E-state index is 0.354. The Bertz CT molecular complexity index is 934. The number of aromatic nitrogens is 3. The first kappa shape index (κ1) is 15.8. The molecule has 25 heavy (non-hydrogen) atoms. The molecule has 128 valence electrons. The molecule has 3 aromatic heterocycles. The number of ketones is 1. The fourth-order valence-corrected chi connectivity index (χ4v) is 3.54. The first-order chi connectivity index (χ1) is 12.2. The van der Waals surface area contributed by atoms with E-state index in [1.807, 2.05) is 12.4 Å². The standard InChI is InChI=1S/C20H22N4O/c1-3-18-17(15-12-14(2)20-21-8-11-24(20)13-15)4-5-19(22-18)23-9-6-16(25)7-10-23/h4-5,8,11-13H,3,6-7,9-10H2,1-2H3. The summed E-state index contributed by atoms with van der Waals surface area (Å²) in [6.45, 7) is 5.77. The maximum atomic E-state index is 11.5. The van der Waals surface area contributed by atoms with E-state index in [1.54, 1.807) is 0 Å². The molecule has 5 nitrogen and oxygen atoms in total. The van der Waals surface area contributed by atoms with Gasteiger partial charge in [-0.3, -0.25) is 4.79 Å². The highest BCUT2D eigenvalue weighted by atomic mass is 16.1. The first-order valence-corrected chi connectivity index (χ1v) is 8.86. The van der Waals surface area contributed by atoms with Gasteiger partial charge >= 0.3 is 0 Å².